The Kier molecular flexibility index (Phi) is 11.7. The van der Waals surface area contributed by atoms with Crippen molar-refractivity contribution < 1.29 is 24.3 Å². The van der Waals surface area contributed by atoms with Crippen LogP contribution in [0.25, 0.3) is 0 Å². The van der Waals surface area contributed by atoms with Gasteiger partial charge in [0.15, 0.2) is 0 Å². The molecule has 68 valence electrons. The van der Waals surface area contributed by atoms with Crippen LogP contribution in [0.3, 0.4) is 0 Å². The van der Waals surface area contributed by atoms with Crippen LogP contribution in [0.2, 0.25) is 0 Å². The first-order chi connectivity index (χ1) is 5.08. The average Bonchev–Trinajstić information content (AvgIpc) is 2.04. The van der Waals surface area contributed by atoms with Crippen LogP contribution >= 0.6 is 12.9 Å². The van der Waals surface area contributed by atoms with Gasteiger partial charge < -0.3 is 19.5 Å². The second-order valence-corrected chi connectivity index (χ2v) is 1.78. The van der Waals surface area contributed by atoms with Crippen LogP contribution in [-0.2, 0) is 8.98 Å². The molecular weight excluding hydrogens is 172 g/mol. The SMILES string of the molecule is CC(=O)OS.OCC(O)CO. The van der Waals surface area contributed by atoms with Crippen LogP contribution in [0.15, 0.2) is 0 Å². The molecule has 3 N–H and O–H groups in total. The van der Waals surface area contributed by atoms with Crippen LogP contribution in [0, 0.1) is 0 Å². The van der Waals surface area contributed by atoms with Gasteiger partial charge in [0.1, 0.15) is 6.10 Å². The Morgan fingerprint density at radius 1 is 1.55 bits per heavy atom. The fraction of sp³-hybridized carbons (Fsp3) is 0.800. The maximum atomic E-state index is 9.51. The minimum absolute atomic E-state index is 0.365. The van der Waals surface area contributed by atoms with Gasteiger partial charge in [-0.15, -0.1) is 0 Å². The van der Waals surface area contributed by atoms with Gasteiger partial charge in [-0.1, -0.05) is 0 Å². The third-order valence-electron chi connectivity index (χ3n) is 0.550. The summed E-state index contributed by atoms with van der Waals surface area (Å²) in [4.78, 5) is 9.51. The summed E-state index contributed by atoms with van der Waals surface area (Å²) in [6.07, 6.45) is -0.954. The predicted octanol–water partition coefficient (Wildman–Crippen LogP) is -1.27. The molecule has 0 spiro atoms. The van der Waals surface area contributed by atoms with E-state index in [2.05, 4.69) is 17.1 Å². The van der Waals surface area contributed by atoms with Crippen molar-refractivity contribution >= 4 is 18.9 Å². The molecule has 0 saturated heterocycles. The molecule has 0 heterocycles. The summed E-state index contributed by atoms with van der Waals surface area (Å²) < 4.78 is 3.81. The Morgan fingerprint density at radius 3 is 1.82 bits per heavy atom. The lowest BCUT2D eigenvalue weighted by Crippen LogP contribution is -2.15. The van der Waals surface area contributed by atoms with Crippen molar-refractivity contribution in [3.8, 4) is 0 Å². The summed E-state index contributed by atoms with van der Waals surface area (Å²) in [7, 11) is 0. The number of carbonyl (C=O) groups excluding carboxylic acids is 1. The molecule has 0 bridgehead atoms. The first kappa shape index (κ1) is 13.3. The number of aliphatic hydroxyl groups is 3. The van der Waals surface area contributed by atoms with Gasteiger partial charge in [-0.25, -0.2) is 0 Å². The van der Waals surface area contributed by atoms with Gasteiger partial charge in [0, 0.05) is 19.8 Å². The minimum Gasteiger partial charge on any atom is -0.395 e. The van der Waals surface area contributed by atoms with E-state index in [0.717, 1.165) is 0 Å². The van der Waals surface area contributed by atoms with E-state index < -0.39 is 6.10 Å². The monoisotopic (exact) mass is 184 g/mol. The Bertz CT molecular complexity index is 92.9. The summed E-state index contributed by atoms with van der Waals surface area (Å²) in [6.45, 7) is 0.556. The minimum atomic E-state index is -0.954. The molecule has 0 radical (unpaired) electrons. The smallest absolute Gasteiger partial charge is 0.314 e. The third kappa shape index (κ3) is 17.7. The van der Waals surface area contributed by atoms with Crippen LogP contribution in [0.1, 0.15) is 6.92 Å². The van der Waals surface area contributed by atoms with Gasteiger partial charge in [-0.2, -0.15) is 0 Å². The highest BCUT2D eigenvalue weighted by molar-refractivity contribution is 7.75. The number of aliphatic hydroxyl groups excluding tert-OH is 3. The highest BCUT2D eigenvalue weighted by atomic mass is 32.1. The summed E-state index contributed by atoms with van der Waals surface area (Å²) in [6, 6.07) is 0. The fourth-order valence-electron chi connectivity index (χ4n) is 0.0577. The van der Waals surface area contributed by atoms with E-state index in [9.17, 15) is 4.79 Å². The lowest BCUT2D eigenvalue weighted by atomic mass is 10.4. The number of hydrogen-bond acceptors (Lipinski definition) is 6. The fourth-order valence-corrected chi connectivity index (χ4v) is 0.0577. The molecule has 0 aliphatic rings. The first-order valence-electron chi connectivity index (χ1n) is 2.80. The van der Waals surface area contributed by atoms with Crippen molar-refractivity contribution in [2.45, 2.75) is 13.0 Å². The van der Waals surface area contributed by atoms with E-state index in [1.165, 1.54) is 6.92 Å². The van der Waals surface area contributed by atoms with E-state index in [4.69, 9.17) is 15.3 Å². The van der Waals surface area contributed by atoms with Crippen LogP contribution < -0.4 is 0 Å². The van der Waals surface area contributed by atoms with Crippen LogP contribution in [0.5, 0.6) is 0 Å². The standard InChI is InChI=1S/C3H8O3.C2H4O2S/c4-1-3(6)2-5;1-2(3)4-5/h3-6H,1-2H2;5H,1H3. The third-order valence-corrected chi connectivity index (χ3v) is 0.807. The Hall–Kier alpha value is -0.300. The quantitative estimate of drug-likeness (QED) is 0.317. The number of hydrogen-bond donors (Lipinski definition) is 4. The Labute approximate surface area is 70.2 Å². The summed E-state index contributed by atoms with van der Waals surface area (Å²) in [5.41, 5.74) is 0. The molecule has 0 aromatic rings. The lowest BCUT2D eigenvalue weighted by molar-refractivity contribution is -0.130. The van der Waals surface area contributed by atoms with Gasteiger partial charge in [0.05, 0.1) is 13.2 Å². The van der Waals surface area contributed by atoms with Gasteiger partial charge in [-0.05, 0) is 0 Å². The maximum Gasteiger partial charge on any atom is 0.314 e. The van der Waals surface area contributed by atoms with Crippen molar-refractivity contribution in [2.24, 2.45) is 0 Å². The Morgan fingerprint density at radius 2 is 1.82 bits per heavy atom. The molecule has 0 amide bonds. The molecule has 6 heteroatoms. The largest absolute Gasteiger partial charge is 0.395 e. The summed E-state index contributed by atoms with van der Waals surface area (Å²) in [5, 5.41) is 24.0. The van der Waals surface area contributed by atoms with Gasteiger partial charge in [0.2, 0.25) is 0 Å². The molecule has 0 aromatic heterocycles. The van der Waals surface area contributed by atoms with Gasteiger partial charge in [-0.3, -0.25) is 4.79 Å². The molecule has 5 nitrogen and oxygen atoms in total. The van der Waals surface area contributed by atoms with E-state index in [-0.39, 0.29) is 19.2 Å². The molecule has 0 rings (SSSR count). The molecule has 0 saturated carbocycles. The molecule has 0 fully saturated rings. The van der Waals surface area contributed by atoms with E-state index >= 15 is 0 Å². The Balaban J connectivity index is 0. The zero-order valence-corrected chi connectivity index (χ0v) is 6.99. The van der Waals surface area contributed by atoms with Crippen molar-refractivity contribution in [2.75, 3.05) is 13.2 Å². The summed E-state index contributed by atoms with van der Waals surface area (Å²) in [5.74, 6) is -0.381. The lowest BCUT2D eigenvalue weighted by Gasteiger charge is -1.96. The van der Waals surface area contributed by atoms with Crippen molar-refractivity contribution in [1.29, 1.82) is 0 Å². The second kappa shape index (κ2) is 9.70. The maximum absolute atomic E-state index is 9.51. The number of thiol groups is 1. The highest BCUT2D eigenvalue weighted by Crippen LogP contribution is 1.74. The van der Waals surface area contributed by atoms with Crippen LogP contribution in [0.4, 0.5) is 0 Å². The van der Waals surface area contributed by atoms with E-state index in [1.54, 1.807) is 0 Å². The van der Waals surface area contributed by atoms with Crippen molar-refractivity contribution in [3.05, 3.63) is 0 Å². The zero-order chi connectivity index (χ0) is 9.28. The normalized spacial score (nSPS) is 8.55. The molecular formula is C5H12O5S. The first-order valence-corrected chi connectivity index (χ1v) is 3.16. The number of rotatable bonds is 2. The zero-order valence-electron chi connectivity index (χ0n) is 6.10. The average molecular weight is 184 g/mol. The predicted molar refractivity (Wildman–Crippen MR) is 40.9 cm³/mol. The molecule has 0 atom stereocenters. The van der Waals surface area contributed by atoms with Crippen molar-refractivity contribution in [1.82, 2.24) is 0 Å². The van der Waals surface area contributed by atoms with E-state index in [1.807, 2.05) is 0 Å². The highest BCUT2D eigenvalue weighted by Gasteiger charge is 1.93. The second-order valence-electron chi connectivity index (χ2n) is 1.60. The molecule has 11 heavy (non-hydrogen) atoms. The van der Waals surface area contributed by atoms with E-state index in [0.29, 0.717) is 0 Å². The van der Waals surface area contributed by atoms with Crippen LogP contribution in [-0.4, -0.2) is 40.6 Å². The molecule has 0 aromatic carbocycles. The summed E-state index contributed by atoms with van der Waals surface area (Å²) >= 11 is 3.17. The molecule has 0 aliphatic carbocycles. The number of carbonyl (C=O) groups is 1. The topological polar surface area (TPSA) is 87.0 Å². The van der Waals surface area contributed by atoms with Crippen molar-refractivity contribution in [3.63, 3.8) is 0 Å². The van der Waals surface area contributed by atoms with Gasteiger partial charge >= 0.3 is 5.97 Å². The van der Waals surface area contributed by atoms with Gasteiger partial charge in [0.25, 0.3) is 0 Å². The molecule has 0 aliphatic heterocycles. The molecule has 0 unspecified atom stereocenters.